The summed E-state index contributed by atoms with van der Waals surface area (Å²) in [5.74, 6) is -1.45. The number of ether oxygens (including phenoxy) is 3. The van der Waals surface area contributed by atoms with E-state index in [4.69, 9.17) is 14.2 Å². The summed E-state index contributed by atoms with van der Waals surface area (Å²) in [5.41, 5.74) is -1.24. The van der Waals surface area contributed by atoms with E-state index in [0.717, 1.165) is 10.0 Å². The van der Waals surface area contributed by atoms with E-state index in [0.29, 0.717) is 11.5 Å². The molecule has 28 heavy (non-hydrogen) atoms. The second-order valence-electron chi connectivity index (χ2n) is 8.51. The minimum atomic E-state index is -1.09. The van der Waals surface area contributed by atoms with Crippen molar-refractivity contribution in [3.05, 3.63) is 28.1 Å². The van der Waals surface area contributed by atoms with Gasteiger partial charge in [0.15, 0.2) is 11.5 Å². The van der Waals surface area contributed by atoms with E-state index < -0.39 is 34.5 Å². The Kier molecular flexibility index (Phi) is 4.14. The molecule has 2 saturated heterocycles. The number of carbonyl (C=O) groups is 2. The molecular weight excluding hydrogens is 430 g/mol. The Bertz CT molecular complexity index is 997. The Labute approximate surface area is 170 Å². The molecule has 2 aromatic heterocycles. The molecule has 150 valence electrons. The van der Waals surface area contributed by atoms with Crippen molar-refractivity contribution in [1.29, 1.82) is 0 Å². The highest BCUT2D eigenvalue weighted by Gasteiger charge is 2.80. The van der Waals surface area contributed by atoms with Gasteiger partial charge in [0.1, 0.15) is 22.5 Å². The third-order valence-electron chi connectivity index (χ3n) is 5.39. The van der Waals surface area contributed by atoms with Crippen LogP contribution in [0.2, 0.25) is 0 Å². The number of aryl methyl sites for hydroxylation is 1. The lowest BCUT2D eigenvalue weighted by Gasteiger charge is -2.47. The Morgan fingerprint density at radius 3 is 2.75 bits per heavy atom. The maximum Gasteiger partial charge on any atom is 0.316 e. The van der Waals surface area contributed by atoms with Gasteiger partial charge in [-0.1, -0.05) is 0 Å². The average Bonchev–Trinajstić information content (AvgIpc) is 3.23. The number of methoxy groups -OCH3 is 1. The van der Waals surface area contributed by atoms with Crippen LogP contribution in [-0.2, 0) is 29.4 Å². The van der Waals surface area contributed by atoms with Crippen molar-refractivity contribution in [1.82, 2.24) is 14.6 Å². The third-order valence-corrected chi connectivity index (χ3v) is 5.82. The molecule has 3 atom stereocenters. The monoisotopic (exact) mass is 451 g/mol. The number of hydrogen-bond donors (Lipinski definition) is 0. The van der Waals surface area contributed by atoms with Crippen LogP contribution in [0.3, 0.4) is 0 Å². The summed E-state index contributed by atoms with van der Waals surface area (Å²) in [7, 11) is 1.30. The number of pyridine rings is 1. The second kappa shape index (κ2) is 6.00. The van der Waals surface area contributed by atoms with Crippen LogP contribution < -0.4 is 0 Å². The summed E-state index contributed by atoms with van der Waals surface area (Å²) >= 11 is 3.45. The number of rotatable bonds is 3. The molecular formula is C19H22BrN3O5. The first-order valence-corrected chi connectivity index (χ1v) is 9.80. The first-order valence-electron chi connectivity index (χ1n) is 9.01. The highest BCUT2D eigenvalue weighted by Crippen LogP contribution is 2.67. The van der Waals surface area contributed by atoms with Crippen LogP contribution >= 0.6 is 15.9 Å². The van der Waals surface area contributed by atoms with Gasteiger partial charge in [-0.15, -0.1) is 5.10 Å². The fourth-order valence-corrected chi connectivity index (χ4v) is 4.77. The summed E-state index contributed by atoms with van der Waals surface area (Å²) in [6.07, 6.45) is 2.07. The van der Waals surface area contributed by atoms with Crippen LogP contribution in [0, 0.1) is 18.3 Å². The number of nitrogens with zero attached hydrogens (tertiary/aromatic N) is 3. The molecule has 2 aliphatic heterocycles. The van der Waals surface area contributed by atoms with E-state index >= 15 is 0 Å². The van der Waals surface area contributed by atoms with E-state index in [2.05, 4.69) is 26.0 Å². The summed E-state index contributed by atoms with van der Waals surface area (Å²) in [4.78, 5) is 30.2. The van der Waals surface area contributed by atoms with E-state index in [1.54, 1.807) is 31.5 Å². The first-order chi connectivity index (χ1) is 13.0. The topological polar surface area (TPSA) is 92.0 Å². The third kappa shape index (κ3) is 2.59. The molecule has 0 radical (unpaired) electrons. The highest BCUT2D eigenvalue weighted by molar-refractivity contribution is 9.10. The molecule has 5 rings (SSSR count). The SMILES string of the molecule is COC(=O)C1C2(C(=O)OC(C)(C)C)COC1(c1nc3c(C)cc(Br)cn3n1)C2. The standard InChI is InChI=1S/C19H22BrN3O5/c1-10-6-11(20)7-23-13(10)21-15(22-23)19-8-18(9-27-19,12(19)14(24)26-5)16(25)28-17(2,3)4/h6-7,12H,8-9H2,1-5H3. The van der Waals surface area contributed by atoms with E-state index in [1.165, 1.54) is 7.11 Å². The van der Waals surface area contributed by atoms with Crippen molar-refractivity contribution in [3.8, 4) is 0 Å². The van der Waals surface area contributed by atoms with Gasteiger partial charge in [-0.2, -0.15) is 0 Å². The molecule has 1 saturated carbocycles. The van der Waals surface area contributed by atoms with Crippen molar-refractivity contribution in [3.63, 3.8) is 0 Å². The number of esters is 2. The van der Waals surface area contributed by atoms with Gasteiger partial charge in [-0.05, 0) is 55.3 Å². The first kappa shape index (κ1) is 19.3. The lowest BCUT2D eigenvalue weighted by atomic mass is 9.53. The molecule has 2 bridgehead atoms. The smallest absolute Gasteiger partial charge is 0.316 e. The molecule has 0 amide bonds. The molecule has 3 unspecified atom stereocenters. The number of carbonyl (C=O) groups excluding carboxylic acids is 2. The van der Waals surface area contributed by atoms with Gasteiger partial charge in [0, 0.05) is 17.1 Å². The van der Waals surface area contributed by atoms with Gasteiger partial charge in [0.05, 0.1) is 13.7 Å². The molecule has 0 N–H and O–H groups in total. The Morgan fingerprint density at radius 1 is 1.39 bits per heavy atom. The van der Waals surface area contributed by atoms with Gasteiger partial charge in [0.2, 0.25) is 0 Å². The lowest BCUT2D eigenvalue weighted by molar-refractivity contribution is -0.195. The molecule has 2 aromatic rings. The number of fused-ring (bicyclic) bond motifs is 2. The zero-order chi connectivity index (χ0) is 20.5. The Morgan fingerprint density at radius 2 is 2.11 bits per heavy atom. The minimum Gasteiger partial charge on any atom is -0.469 e. The molecule has 1 aliphatic carbocycles. The predicted molar refractivity (Wildman–Crippen MR) is 101 cm³/mol. The van der Waals surface area contributed by atoms with Gasteiger partial charge in [0.25, 0.3) is 0 Å². The van der Waals surface area contributed by atoms with Gasteiger partial charge >= 0.3 is 11.9 Å². The molecule has 8 nitrogen and oxygen atoms in total. The summed E-state index contributed by atoms with van der Waals surface area (Å²) < 4.78 is 19.1. The van der Waals surface area contributed by atoms with E-state index in [1.807, 2.05) is 13.0 Å². The van der Waals surface area contributed by atoms with Crippen molar-refractivity contribution in [2.45, 2.75) is 45.3 Å². The van der Waals surface area contributed by atoms with Crippen LogP contribution in [0.4, 0.5) is 0 Å². The van der Waals surface area contributed by atoms with Crippen molar-refractivity contribution in [2.75, 3.05) is 13.7 Å². The molecule has 3 fully saturated rings. The maximum atomic E-state index is 12.9. The molecule has 3 aliphatic rings. The fourth-order valence-electron chi connectivity index (χ4n) is 4.24. The summed E-state index contributed by atoms with van der Waals surface area (Å²) in [6.45, 7) is 7.37. The van der Waals surface area contributed by atoms with Gasteiger partial charge in [-0.3, -0.25) is 9.59 Å². The lowest BCUT2D eigenvalue weighted by Crippen LogP contribution is -2.61. The predicted octanol–water partition coefficient (Wildman–Crippen LogP) is 2.55. The quantitative estimate of drug-likeness (QED) is 0.661. The van der Waals surface area contributed by atoms with Crippen molar-refractivity contribution in [2.24, 2.45) is 11.3 Å². The minimum absolute atomic E-state index is 0.0694. The molecule has 9 heteroatoms. The largest absolute Gasteiger partial charge is 0.469 e. The Hall–Kier alpha value is -2.00. The van der Waals surface area contributed by atoms with Crippen molar-refractivity contribution >= 4 is 33.5 Å². The van der Waals surface area contributed by atoms with Crippen molar-refractivity contribution < 1.29 is 23.8 Å². The van der Waals surface area contributed by atoms with Crippen LogP contribution in [-0.4, -0.2) is 45.9 Å². The summed E-state index contributed by atoms with van der Waals surface area (Å²) in [6, 6.07) is 1.94. The van der Waals surface area contributed by atoms with Crippen LogP contribution in [0.15, 0.2) is 16.7 Å². The molecule has 0 spiro atoms. The van der Waals surface area contributed by atoms with Crippen LogP contribution in [0.1, 0.15) is 38.6 Å². The Balaban J connectivity index is 1.77. The maximum absolute atomic E-state index is 12.9. The van der Waals surface area contributed by atoms with Crippen LogP contribution in [0.5, 0.6) is 0 Å². The van der Waals surface area contributed by atoms with Crippen LogP contribution in [0.25, 0.3) is 5.65 Å². The van der Waals surface area contributed by atoms with Gasteiger partial charge < -0.3 is 14.2 Å². The zero-order valence-corrected chi connectivity index (χ0v) is 18.0. The second-order valence-corrected chi connectivity index (χ2v) is 9.43. The van der Waals surface area contributed by atoms with E-state index in [9.17, 15) is 9.59 Å². The number of hydrogen-bond acceptors (Lipinski definition) is 7. The highest BCUT2D eigenvalue weighted by atomic mass is 79.9. The molecule has 4 heterocycles. The van der Waals surface area contributed by atoms with E-state index in [-0.39, 0.29) is 13.0 Å². The number of aromatic nitrogens is 3. The number of halogens is 1. The molecule has 0 aromatic carbocycles. The average molecular weight is 452 g/mol. The van der Waals surface area contributed by atoms with Gasteiger partial charge in [-0.25, -0.2) is 9.50 Å². The fraction of sp³-hybridized carbons (Fsp3) is 0.579. The zero-order valence-electron chi connectivity index (χ0n) is 16.4. The summed E-state index contributed by atoms with van der Waals surface area (Å²) in [5, 5.41) is 4.55. The normalized spacial score (nSPS) is 28.9.